The highest BCUT2D eigenvalue weighted by Gasteiger charge is 2.15. The highest BCUT2D eigenvalue weighted by Crippen LogP contribution is 2.27. The Morgan fingerprint density at radius 1 is 1.40 bits per heavy atom. The molecule has 1 rings (SSSR count). The number of halogens is 1. The lowest BCUT2D eigenvalue weighted by atomic mass is 10.0. The third kappa shape index (κ3) is 5.35. The van der Waals surface area contributed by atoms with E-state index in [-0.39, 0.29) is 11.7 Å². The second-order valence-corrected chi connectivity index (χ2v) is 6.06. The first kappa shape index (κ1) is 16.7. The number of non-ortho nitro benzene ring substituents is 1. The molecule has 1 N–H and O–H groups in total. The van der Waals surface area contributed by atoms with Gasteiger partial charge in [-0.2, -0.15) is 0 Å². The van der Waals surface area contributed by atoms with Crippen LogP contribution in [0.25, 0.3) is 0 Å². The molecule has 1 aromatic carbocycles. The van der Waals surface area contributed by atoms with Gasteiger partial charge in [0.15, 0.2) is 0 Å². The standard InChI is InChI=1S/C14H22ClN3O2/c1-10(2)7-11(9-17(3)4)16-14-6-5-12(18(19)20)8-13(14)15/h5-6,8,10-11,16H,7,9H2,1-4H3. The molecule has 0 aromatic heterocycles. The maximum Gasteiger partial charge on any atom is 0.271 e. The fourth-order valence-corrected chi connectivity index (χ4v) is 2.37. The van der Waals surface area contributed by atoms with Crippen molar-refractivity contribution in [1.82, 2.24) is 4.90 Å². The molecule has 1 unspecified atom stereocenters. The monoisotopic (exact) mass is 299 g/mol. The van der Waals surface area contributed by atoms with Gasteiger partial charge in [0.05, 0.1) is 15.6 Å². The molecule has 6 heteroatoms. The molecule has 0 fully saturated rings. The van der Waals surface area contributed by atoms with Crippen molar-refractivity contribution in [2.24, 2.45) is 5.92 Å². The summed E-state index contributed by atoms with van der Waals surface area (Å²) < 4.78 is 0. The van der Waals surface area contributed by atoms with Gasteiger partial charge in [-0.05, 0) is 32.5 Å². The first-order valence-electron chi connectivity index (χ1n) is 6.64. The average molecular weight is 300 g/mol. The summed E-state index contributed by atoms with van der Waals surface area (Å²) in [5.74, 6) is 0.560. The summed E-state index contributed by atoms with van der Waals surface area (Å²) in [5, 5.41) is 14.5. The van der Waals surface area contributed by atoms with Crippen molar-refractivity contribution >= 4 is 23.0 Å². The van der Waals surface area contributed by atoms with Crippen LogP contribution in [-0.4, -0.2) is 36.5 Å². The van der Waals surface area contributed by atoms with E-state index in [0.29, 0.717) is 10.9 Å². The number of nitro benzene ring substituents is 1. The molecular weight excluding hydrogens is 278 g/mol. The lowest BCUT2D eigenvalue weighted by molar-refractivity contribution is -0.384. The van der Waals surface area contributed by atoms with Crippen LogP contribution in [0.2, 0.25) is 5.02 Å². The molecule has 0 aliphatic rings. The zero-order valence-corrected chi connectivity index (χ0v) is 13.1. The van der Waals surface area contributed by atoms with Crippen LogP contribution < -0.4 is 5.32 Å². The molecule has 0 saturated carbocycles. The van der Waals surface area contributed by atoms with Crippen LogP contribution >= 0.6 is 11.6 Å². The van der Waals surface area contributed by atoms with Crippen LogP contribution in [0.5, 0.6) is 0 Å². The predicted octanol–water partition coefficient (Wildman–Crippen LogP) is 3.64. The number of nitro groups is 1. The number of benzene rings is 1. The topological polar surface area (TPSA) is 58.4 Å². The van der Waals surface area contributed by atoms with Crippen molar-refractivity contribution < 1.29 is 4.92 Å². The van der Waals surface area contributed by atoms with E-state index in [9.17, 15) is 10.1 Å². The Balaban J connectivity index is 2.84. The Kier molecular flexibility index (Phi) is 6.23. The number of nitrogens with zero attached hydrogens (tertiary/aromatic N) is 2. The molecule has 1 atom stereocenters. The molecule has 0 saturated heterocycles. The van der Waals surface area contributed by atoms with Gasteiger partial charge in [-0.1, -0.05) is 25.4 Å². The Hall–Kier alpha value is -1.33. The van der Waals surface area contributed by atoms with E-state index in [1.807, 2.05) is 14.1 Å². The molecule has 5 nitrogen and oxygen atoms in total. The van der Waals surface area contributed by atoms with Crippen LogP contribution in [0.1, 0.15) is 20.3 Å². The molecule has 1 aromatic rings. The van der Waals surface area contributed by atoms with Gasteiger partial charge in [0.1, 0.15) is 0 Å². The number of anilines is 1. The molecule has 112 valence electrons. The quantitative estimate of drug-likeness (QED) is 0.617. The maximum absolute atomic E-state index is 10.7. The van der Waals surface area contributed by atoms with Crippen molar-refractivity contribution in [3.8, 4) is 0 Å². The largest absolute Gasteiger partial charge is 0.380 e. The van der Waals surface area contributed by atoms with E-state index in [4.69, 9.17) is 11.6 Å². The van der Waals surface area contributed by atoms with Gasteiger partial charge in [0.2, 0.25) is 0 Å². The van der Waals surface area contributed by atoms with Gasteiger partial charge in [-0.15, -0.1) is 0 Å². The molecule has 0 spiro atoms. The SMILES string of the molecule is CC(C)CC(CN(C)C)Nc1ccc([N+](=O)[O-])cc1Cl. The second kappa shape index (κ2) is 7.45. The molecular formula is C14H22ClN3O2. The number of hydrogen-bond acceptors (Lipinski definition) is 4. The number of nitrogens with one attached hydrogen (secondary N) is 1. The van der Waals surface area contributed by atoms with Gasteiger partial charge >= 0.3 is 0 Å². The summed E-state index contributed by atoms with van der Waals surface area (Å²) in [6, 6.07) is 4.77. The highest BCUT2D eigenvalue weighted by molar-refractivity contribution is 6.33. The van der Waals surface area contributed by atoms with Crippen LogP contribution in [0.15, 0.2) is 18.2 Å². The minimum Gasteiger partial charge on any atom is -0.380 e. The molecule has 0 aliphatic heterocycles. The van der Waals surface area contributed by atoms with Gasteiger partial charge in [0.25, 0.3) is 5.69 Å². The molecule has 20 heavy (non-hydrogen) atoms. The van der Waals surface area contributed by atoms with Gasteiger partial charge in [-0.3, -0.25) is 10.1 Å². The van der Waals surface area contributed by atoms with Crippen molar-refractivity contribution in [3.05, 3.63) is 33.3 Å². The van der Waals surface area contributed by atoms with Crippen LogP contribution in [-0.2, 0) is 0 Å². The summed E-state index contributed by atoms with van der Waals surface area (Å²) in [7, 11) is 4.04. The van der Waals surface area contributed by atoms with Crippen molar-refractivity contribution in [3.63, 3.8) is 0 Å². The summed E-state index contributed by atoms with van der Waals surface area (Å²) in [5.41, 5.74) is 0.748. The molecule has 0 bridgehead atoms. The Bertz CT molecular complexity index is 454. The zero-order chi connectivity index (χ0) is 15.3. The van der Waals surface area contributed by atoms with E-state index in [0.717, 1.165) is 18.7 Å². The normalized spacial score (nSPS) is 12.8. The van der Waals surface area contributed by atoms with Gasteiger partial charge < -0.3 is 10.2 Å². The zero-order valence-electron chi connectivity index (χ0n) is 12.4. The fraction of sp³-hybridized carbons (Fsp3) is 0.571. The summed E-state index contributed by atoms with van der Waals surface area (Å²) in [6.45, 7) is 5.22. The highest BCUT2D eigenvalue weighted by atomic mass is 35.5. The molecule has 0 amide bonds. The number of rotatable bonds is 7. The van der Waals surface area contributed by atoms with Crippen molar-refractivity contribution in [1.29, 1.82) is 0 Å². The van der Waals surface area contributed by atoms with Gasteiger partial charge in [-0.25, -0.2) is 0 Å². The summed E-state index contributed by atoms with van der Waals surface area (Å²) in [6.07, 6.45) is 1.01. The maximum atomic E-state index is 10.7. The molecule has 0 heterocycles. The molecule has 0 radical (unpaired) electrons. The third-order valence-electron chi connectivity index (χ3n) is 2.86. The third-order valence-corrected chi connectivity index (χ3v) is 3.18. The van der Waals surface area contributed by atoms with E-state index in [1.54, 1.807) is 6.07 Å². The minimum atomic E-state index is -0.443. The first-order chi connectivity index (χ1) is 9.29. The van der Waals surface area contributed by atoms with Crippen molar-refractivity contribution in [2.45, 2.75) is 26.3 Å². The van der Waals surface area contributed by atoms with Crippen LogP contribution in [0.3, 0.4) is 0 Å². The number of likely N-dealkylation sites (N-methyl/N-ethyl adjacent to an activating group) is 1. The molecule has 0 aliphatic carbocycles. The van der Waals surface area contributed by atoms with E-state index in [2.05, 4.69) is 24.1 Å². The summed E-state index contributed by atoms with van der Waals surface area (Å²) in [4.78, 5) is 12.4. The van der Waals surface area contributed by atoms with Gasteiger partial charge in [0, 0.05) is 24.7 Å². The minimum absolute atomic E-state index is 0.00793. The van der Waals surface area contributed by atoms with E-state index < -0.39 is 4.92 Å². The fourth-order valence-electron chi connectivity index (χ4n) is 2.14. The lowest BCUT2D eigenvalue weighted by Gasteiger charge is -2.25. The Morgan fingerprint density at radius 3 is 2.50 bits per heavy atom. The van der Waals surface area contributed by atoms with Crippen LogP contribution in [0, 0.1) is 16.0 Å². The van der Waals surface area contributed by atoms with Crippen molar-refractivity contribution in [2.75, 3.05) is 26.0 Å². The second-order valence-electron chi connectivity index (χ2n) is 5.65. The lowest BCUT2D eigenvalue weighted by Crippen LogP contribution is -2.33. The van der Waals surface area contributed by atoms with E-state index >= 15 is 0 Å². The van der Waals surface area contributed by atoms with Crippen LogP contribution in [0.4, 0.5) is 11.4 Å². The summed E-state index contributed by atoms with van der Waals surface area (Å²) >= 11 is 6.11. The Labute approximate surface area is 125 Å². The average Bonchev–Trinajstić information content (AvgIpc) is 2.29. The number of hydrogen-bond donors (Lipinski definition) is 1. The predicted molar refractivity (Wildman–Crippen MR) is 83.5 cm³/mol. The first-order valence-corrected chi connectivity index (χ1v) is 7.02. The van der Waals surface area contributed by atoms with E-state index in [1.165, 1.54) is 12.1 Å². The Morgan fingerprint density at radius 2 is 2.05 bits per heavy atom. The smallest absolute Gasteiger partial charge is 0.271 e.